The minimum atomic E-state index is 0.250. The molecular weight excluding hydrogens is 236 g/mol. The van der Waals surface area contributed by atoms with Crippen LogP contribution in [0, 0.1) is 11.8 Å². The number of phenols is 2. The van der Waals surface area contributed by atoms with E-state index in [-0.39, 0.29) is 11.5 Å². The lowest BCUT2D eigenvalue weighted by Gasteiger charge is -2.12. The fourth-order valence-corrected chi connectivity index (χ4v) is 2.25. The molecule has 0 unspecified atom stereocenters. The first kappa shape index (κ1) is 15.9. The topological polar surface area (TPSA) is 40.5 Å². The predicted octanol–water partition coefficient (Wildman–Crippen LogP) is 4.67. The third kappa shape index (κ3) is 5.54. The zero-order valence-corrected chi connectivity index (χ0v) is 12.7. The van der Waals surface area contributed by atoms with Gasteiger partial charge in [0.2, 0.25) is 0 Å². The summed E-state index contributed by atoms with van der Waals surface area (Å²) in [5, 5.41) is 20.1. The minimum absolute atomic E-state index is 0.250. The highest BCUT2D eigenvalue weighted by atomic mass is 16.3. The summed E-state index contributed by atoms with van der Waals surface area (Å²) in [5.74, 6) is 1.78. The van der Waals surface area contributed by atoms with Crippen molar-refractivity contribution in [1.82, 2.24) is 0 Å². The first-order valence-electron chi connectivity index (χ1n) is 7.43. The van der Waals surface area contributed by atoms with Crippen LogP contribution in [-0.4, -0.2) is 10.2 Å². The molecule has 0 atom stereocenters. The van der Waals surface area contributed by atoms with Gasteiger partial charge in [0.15, 0.2) is 0 Å². The van der Waals surface area contributed by atoms with E-state index in [1.165, 1.54) is 6.42 Å². The first-order valence-corrected chi connectivity index (χ1v) is 7.43. The van der Waals surface area contributed by atoms with E-state index >= 15 is 0 Å². The smallest absolute Gasteiger partial charge is 0.122 e. The van der Waals surface area contributed by atoms with Gasteiger partial charge < -0.3 is 10.2 Å². The number of rotatable bonds is 7. The Morgan fingerprint density at radius 3 is 1.84 bits per heavy atom. The molecule has 0 saturated heterocycles. The van der Waals surface area contributed by atoms with E-state index in [0.717, 1.165) is 31.2 Å². The Labute approximate surface area is 117 Å². The number of phenolic OH excluding ortho intramolecular Hbond substituents is 2. The molecule has 19 heavy (non-hydrogen) atoms. The molecule has 0 heterocycles. The average molecular weight is 264 g/mol. The minimum Gasteiger partial charge on any atom is -0.508 e. The second-order valence-corrected chi connectivity index (χ2v) is 6.33. The second-order valence-electron chi connectivity index (χ2n) is 6.33. The molecule has 0 amide bonds. The van der Waals surface area contributed by atoms with E-state index in [2.05, 4.69) is 27.7 Å². The van der Waals surface area contributed by atoms with Crippen molar-refractivity contribution in [2.75, 3.05) is 0 Å². The van der Waals surface area contributed by atoms with E-state index < -0.39 is 0 Å². The molecule has 1 aromatic rings. The Balaban J connectivity index is 2.67. The molecule has 108 valence electrons. The van der Waals surface area contributed by atoms with Crippen LogP contribution >= 0.6 is 0 Å². The Hall–Kier alpha value is -1.18. The lowest BCUT2D eigenvalue weighted by atomic mass is 9.97. The number of benzene rings is 1. The van der Waals surface area contributed by atoms with Crippen LogP contribution in [-0.2, 0) is 12.8 Å². The van der Waals surface area contributed by atoms with Gasteiger partial charge in [0.1, 0.15) is 11.5 Å². The quantitative estimate of drug-likeness (QED) is 0.751. The number of aryl methyl sites for hydroxylation is 1. The Morgan fingerprint density at radius 2 is 1.37 bits per heavy atom. The fraction of sp³-hybridized carbons (Fsp3) is 0.647. The molecule has 0 aliphatic rings. The number of hydrogen-bond donors (Lipinski definition) is 2. The van der Waals surface area contributed by atoms with Gasteiger partial charge in [0.05, 0.1) is 0 Å². The lowest BCUT2D eigenvalue weighted by Crippen LogP contribution is -1.96. The maximum absolute atomic E-state index is 10.0. The third-order valence-corrected chi connectivity index (χ3v) is 3.48. The van der Waals surface area contributed by atoms with Crippen LogP contribution in [0.25, 0.3) is 0 Å². The van der Waals surface area contributed by atoms with Gasteiger partial charge in [-0.3, -0.25) is 0 Å². The molecule has 2 N–H and O–H groups in total. The van der Waals surface area contributed by atoms with Gasteiger partial charge >= 0.3 is 0 Å². The zero-order chi connectivity index (χ0) is 14.4. The molecule has 0 aliphatic carbocycles. The molecule has 0 radical (unpaired) electrons. The average Bonchev–Trinajstić information content (AvgIpc) is 2.26. The largest absolute Gasteiger partial charge is 0.508 e. The highest BCUT2D eigenvalue weighted by Crippen LogP contribution is 2.31. The van der Waals surface area contributed by atoms with Crippen LogP contribution in [0.15, 0.2) is 12.1 Å². The van der Waals surface area contributed by atoms with Crippen LogP contribution in [0.5, 0.6) is 11.5 Å². The standard InChI is InChI=1S/C17H28O2/c1-12(2)6-5-7-14-10-16(18)15(17(19)11-14)9-8-13(3)4/h10-13,18-19H,5-9H2,1-4H3. The molecule has 0 fully saturated rings. The second kappa shape index (κ2) is 7.42. The van der Waals surface area contributed by atoms with E-state index in [9.17, 15) is 10.2 Å². The van der Waals surface area contributed by atoms with Gasteiger partial charge in [-0.1, -0.05) is 34.1 Å². The molecule has 0 aliphatic heterocycles. The van der Waals surface area contributed by atoms with Crippen molar-refractivity contribution in [3.63, 3.8) is 0 Å². The van der Waals surface area contributed by atoms with Crippen molar-refractivity contribution in [1.29, 1.82) is 0 Å². The summed E-state index contributed by atoms with van der Waals surface area (Å²) < 4.78 is 0. The summed E-state index contributed by atoms with van der Waals surface area (Å²) in [6.45, 7) is 8.72. The van der Waals surface area contributed by atoms with Crippen LogP contribution in [0.4, 0.5) is 0 Å². The van der Waals surface area contributed by atoms with Crippen molar-refractivity contribution in [3.05, 3.63) is 23.3 Å². The number of hydrogen-bond acceptors (Lipinski definition) is 2. The summed E-state index contributed by atoms with van der Waals surface area (Å²) in [6, 6.07) is 3.63. The maximum atomic E-state index is 10.0. The molecule has 0 saturated carbocycles. The van der Waals surface area contributed by atoms with Crippen LogP contribution < -0.4 is 0 Å². The SMILES string of the molecule is CC(C)CCCc1cc(O)c(CCC(C)C)c(O)c1. The van der Waals surface area contributed by atoms with Crippen LogP contribution in [0.1, 0.15) is 58.1 Å². The lowest BCUT2D eigenvalue weighted by molar-refractivity contribution is 0.431. The van der Waals surface area contributed by atoms with Crippen LogP contribution in [0.3, 0.4) is 0 Å². The molecule has 0 bridgehead atoms. The maximum Gasteiger partial charge on any atom is 0.122 e. The normalized spacial score (nSPS) is 11.5. The summed E-state index contributed by atoms with van der Waals surface area (Å²) in [4.78, 5) is 0. The Morgan fingerprint density at radius 1 is 0.842 bits per heavy atom. The zero-order valence-electron chi connectivity index (χ0n) is 12.7. The van der Waals surface area contributed by atoms with Gasteiger partial charge in [-0.2, -0.15) is 0 Å². The molecule has 1 rings (SSSR count). The monoisotopic (exact) mass is 264 g/mol. The van der Waals surface area contributed by atoms with E-state index in [1.54, 1.807) is 0 Å². The van der Waals surface area contributed by atoms with Crippen molar-refractivity contribution < 1.29 is 10.2 Å². The van der Waals surface area contributed by atoms with E-state index in [4.69, 9.17) is 0 Å². The molecule has 2 nitrogen and oxygen atoms in total. The summed E-state index contributed by atoms with van der Waals surface area (Å²) >= 11 is 0. The van der Waals surface area contributed by atoms with E-state index in [1.807, 2.05) is 12.1 Å². The van der Waals surface area contributed by atoms with Gasteiger partial charge in [-0.05, 0) is 55.2 Å². The molecular formula is C17H28O2. The van der Waals surface area contributed by atoms with Gasteiger partial charge in [0, 0.05) is 5.56 Å². The molecule has 0 spiro atoms. The summed E-state index contributed by atoms with van der Waals surface area (Å²) in [5.41, 5.74) is 1.73. The molecule has 2 heteroatoms. The molecule has 0 aromatic heterocycles. The fourth-order valence-electron chi connectivity index (χ4n) is 2.25. The van der Waals surface area contributed by atoms with Crippen LogP contribution in [0.2, 0.25) is 0 Å². The third-order valence-electron chi connectivity index (χ3n) is 3.48. The highest BCUT2D eigenvalue weighted by molar-refractivity contribution is 5.46. The molecule has 1 aromatic carbocycles. The Bertz CT molecular complexity index is 371. The van der Waals surface area contributed by atoms with Gasteiger partial charge in [-0.25, -0.2) is 0 Å². The van der Waals surface area contributed by atoms with Crippen molar-refractivity contribution in [2.24, 2.45) is 11.8 Å². The predicted molar refractivity (Wildman–Crippen MR) is 80.7 cm³/mol. The summed E-state index contributed by atoms with van der Waals surface area (Å²) in [6.07, 6.45) is 4.91. The van der Waals surface area contributed by atoms with Crippen molar-refractivity contribution in [2.45, 2.75) is 59.8 Å². The van der Waals surface area contributed by atoms with Crippen molar-refractivity contribution >= 4 is 0 Å². The van der Waals surface area contributed by atoms with Gasteiger partial charge in [0.25, 0.3) is 0 Å². The first-order chi connectivity index (χ1) is 8.90. The number of aromatic hydroxyl groups is 2. The van der Waals surface area contributed by atoms with E-state index in [0.29, 0.717) is 17.4 Å². The Kier molecular flexibility index (Phi) is 6.20. The van der Waals surface area contributed by atoms with Gasteiger partial charge in [-0.15, -0.1) is 0 Å². The highest BCUT2D eigenvalue weighted by Gasteiger charge is 2.10. The summed E-state index contributed by atoms with van der Waals surface area (Å²) in [7, 11) is 0. The van der Waals surface area contributed by atoms with Crippen molar-refractivity contribution in [3.8, 4) is 11.5 Å².